The lowest BCUT2D eigenvalue weighted by Crippen LogP contribution is -2.28. The Bertz CT molecular complexity index is 986. The molecule has 24 heavy (non-hydrogen) atoms. The number of nitrogens with zero attached hydrogens (tertiary/aromatic N) is 1. The monoisotopic (exact) mass is 328 g/mol. The van der Waals surface area contributed by atoms with Gasteiger partial charge in [0, 0.05) is 17.7 Å². The van der Waals surface area contributed by atoms with Gasteiger partial charge in [-0.05, 0) is 36.2 Å². The number of oxazole rings is 1. The SMILES string of the molecule is CC(Cc1ccc(O)c(O)c1)C(=O)n1c(=O)oc2cc(N)ccc21. The first-order valence-corrected chi connectivity index (χ1v) is 7.33. The summed E-state index contributed by atoms with van der Waals surface area (Å²) < 4.78 is 6.06. The van der Waals surface area contributed by atoms with Gasteiger partial charge in [-0.15, -0.1) is 0 Å². The predicted octanol–water partition coefficient (Wildman–Crippen LogP) is 2.11. The third-order valence-corrected chi connectivity index (χ3v) is 3.83. The lowest BCUT2D eigenvalue weighted by molar-refractivity contribution is 0.0840. The van der Waals surface area contributed by atoms with E-state index in [0.29, 0.717) is 23.2 Å². The van der Waals surface area contributed by atoms with Crippen molar-refractivity contribution in [3.05, 3.63) is 52.5 Å². The van der Waals surface area contributed by atoms with E-state index >= 15 is 0 Å². The van der Waals surface area contributed by atoms with Crippen molar-refractivity contribution in [1.29, 1.82) is 0 Å². The zero-order valence-corrected chi connectivity index (χ0v) is 12.9. The highest BCUT2D eigenvalue weighted by Crippen LogP contribution is 2.26. The Labute approximate surface area is 136 Å². The highest BCUT2D eigenvalue weighted by molar-refractivity contribution is 5.91. The average molecular weight is 328 g/mol. The Hall–Kier alpha value is -3.22. The molecule has 1 aromatic heterocycles. The molecule has 0 aliphatic rings. The number of hydrogen-bond acceptors (Lipinski definition) is 6. The number of carbonyl (C=O) groups is 1. The smallest absolute Gasteiger partial charge is 0.426 e. The van der Waals surface area contributed by atoms with Gasteiger partial charge in [0.25, 0.3) is 0 Å². The van der Waals surface area contributed by atoms with Crippen LogP contribution in [0.5, 0.6) is 11.5 Å². The van der Waals surface area contributed by atoms with E-state index in [1.165, 1.54) is 18.2 Å². The minimum absolute atomic E-state index is 0.229. The molecule has 1 atom stereocenters. The molecule has 7 heteroatoms. The second-order valence-electron chi connectivity index (χ2n) is 5.70. The summed E-state index contributed by atoms with van der Waals surface area (Å²) in [5, 5.41) is 18.9. The number of phenolic OH excluding ortho intramolecular Hbond substituents is 2. The van der Waals surface area contributed by atoms with Crippen LogP contribution < -0.4 is 11.5 Å². The van der Waals surface area contributed by atoms with Crippen molar-refractivity contribution < 1.29 is 19.4 Å². The van der Waals surface area contributed by atoms with Crippen LogP contribution in [0.2, 0.25) is 0 Å². The molecule has 0 saturated carbocycles. The summed E-state index contributed by atoms with van der Waals surface area (Å²) in [5.41, 5.74) is 7.36. The normalized spacial score (nSPS) is 12.4. The molecular formula is C17H16N2O5. The van der Waals surface area contributed by atoms with E-state index in [-0.39, 0.29) is 17.1 Å². The van der Waals surface area contributed by atoms with Crippen molar-refractivity contribution in [2.75, 3.05) is 5.73 Å². The van der Waals surface area contributed by atoms with E-state index in [1.807, 2.05) is 0 Å². The molecule has 3 aromatic rings. The van der Waals surface area contributed by atoms with Gasteiger partial charge in [0.15, 0.2) is 17.1 Å². The number of nitrogens with two attached hydrogens (primary N) is 1. The van der Waals surface area contributed by atoms with E-state index < -0.39 is 17.6 Å². The van der Waals surface area contributed by atoms with Crippen LogP contribution in [0.1, 0.15) is 17.3 Å². The van der Waals surface area contributed by atoms with Crippen molar-refractivity contribution in [2.45, 2.75) is 13.3 Å². The Kier molecular flexibility index (Phi) is 3.76. The number of aromatic hydroxyl groups is 2. The highest BCUT2D eigenvalue weighted by atomic mass is 16.4. The van der Waals surface area contributed by atoms with Gasteiger partial charge in [0.2, 0.25) is 5.91 Å². The third kappa shape index (κ3) is 2.71. The number of rotatable bonds is 3. The molecule has 0 aliphatic heterocycles. The highest BCUT2D eigenvalue weighted by Gasteiger charge is 2.22. The van der Waals surface area contributed by atoms with Crippen LogP contribution in [-0.4, -0.2) is 20.7 Å². The number of benzene rings is 2. The first-order chi connectivity index (χ1) is 11.4. The molecule has 124 valence electrons. The molecule has 3 rings (SSSR count). The van der Waals surface area contributed by atoms with Crippen LogP contribution >= 0.6 is 0 Å². The summed E-state index contributed by atoms with van der Waals surface area (Å²) in [6, 6.07) is 8.98. The van der Waals surface area contributed by atoms with Crippen molar-refractivity contribution in [3.63, 3.8) is 0 Å². The van der Waals surface area contributed by atoms with E-state index in [4.69, 9.17) is 10.2 Å². The Balaban J connectivity index is 1.92. The summed E-state index contributed by atoms with van der Waals surface area (Å²) in [6.45, 7) is 1.68. The predicted molar refractivity (Wildman–Crippen MR) is 88.2 cm³/mol. The first kappa shape index (κ1) is 15.7. The molecule has 0 aliphatic carbocycles. The van der Waals surface area contributed by atoms with Gasteiger partial charge >= 0.3 is 5.76 Å². The van der Waals surface area contributed by atoms with E-state index in [9.17, 15) is 19.8 Å². The van der Waals surface area contributed by atoms with Crippen LogP contribution in [0.4, 0.5) is 5.69 Å². The quantitative estimate of drug-likeness (QED) is 0.500. The van der Waals surface area contributed by atoms with Crippen molar-refractivity contribution >= 4 is 22.7 Å². The molecule has 2 aromatic carbocycles. The van der Waals surface area contributed by atoms with Gasteiger partial charge in [-0.2, -0.15) is 0 Å². The van der Waals surface area contributed by atoms with Gasteiger partial charge in [-0.25, -0.2) is 9.36 Å². The van der Waals surface area contributed by atoms with Gasteiger partial charge in [0.05, 0.1) is 5.52 Å². The van der Waals surface area contributed by atoms with Crippen LogP contribution in [0.15, 0.2) is 45.6 Å². The third-order valence-electron chi connectivity index (χ3n) is 3.83. The van der Waals surface area contributed by atoms with Crippen LogP contribution in [0.3, 0.4) is 0 Å². The zero-order valence-electron chi connectivity index (χ0n) is 12.9. The summed E-state index contributed by atoms with van der Waals surface area (Å²) in [7, 11) is 0. The molecule has 7 nitrogen and oxygen atoms in total. The number of fused-ring (bicyclic) bond motifs is 1. The first-order valence-electron chi connectivity index (χ1n) is 7.33. The lowest BCUT2D eigenvalue weighted by Gasteiger charge is -2.11. The minimum atomic E-state index is -0.763. The topological polar surface area (TPSA) is 119 Å². The Morgan fingerprint density at radius 3 is 2.67 bits per heavy atom. The second-order valence-corrected chi connectivity index (χ2v) is 5.70. The van der Waals surface area contributed by atoms with Gasteiger partial charge < -0.3 is 20.4 Å². The second kappa shape index (κ2) is 5.77. The molecular weight excluding hydrogens is 312 g/mol. The number of anilines is 1. The number of carbonyl (C=O) groups excluding carboxylic acids is 1. The molecule has 1 unspecified atom stereocenters. The lowest BCUT2D eigenvalue weighted by atomic mass is 10.00. The average Bonchev–Trinajstić information content (AvgIpc) is 2.85. The van der Waals surface area contributed by atoms with Gasteiger partial charge in [-0.1, -0.05) is 13.0 Å². The van der Waals surface area contributed by atoms with Crippen molar-refractivity contribution in [2.24, 2.45) is 5.92 Å². The maximum absolute atomic E-state index is 12.6. The van der Waals surface area contributed by atoms with Crippen molar-refractivity contribution in [3.8, 4) is 11.5 Å². The summed E-state index contributed by atoms with van der Waals surface area (Å²) >= 11 is 0. The largest absolute Gasteiger partial charge is 0.504 e. The molecule has 4 N–H and O–H groups in total. The number of phenols is 2. The zero-order chi connectivity index (χ0) is 17.4. The molecule has 0 radical (unpaired) electrons. The Morgan fingerprint density at radius 1 is 1.21 bits per heavy atom. The summed E-state index contributed by atoms with van der Waals surface area (Å²) in [6.07, 6.45) is 0.292. The molecule has 0 saturated heterocycles. The minimum Gasteiger partial charge on any atom is -0.504 e. The fourth-order valence-electron chi connectivity index (χ4n) is 2.60. The number of hydrogen-bond donors (Lipinski definition) is 3. The van der Waals surface area contributed by atoms with Crippen molar-refractivity contribution in [1.82, 2.24) is 4.57 Å². The number of aromatic nitrogens is 1. The summed E-state index contributed by atoms with van der Waals surface area (Å²) in [4.78, 5) is 24.7. The van der Waals surface area contributed by atoms with Crippen LogP contribution in [0, 0.1) is 5.92 Å². The van der Waals surface area contributed by atoms with Gasteiger partial charge in [-0.3, -0.25) is 4.79 Å². The van der Waals surface area contributed by atoms with E-state index in [0.717, 1.165) is 4.57 Å². The molecule has 0 spiro atoms. The molecule has 0 amide bonds. The fraction of sp³-hybridized carbons (Fsp3) is 0.176. The molecule has 1 heterocycles. The van der Waals surface area contributed by atoms with E-state index in [1.54, 1.807) is 25.1 Å². The molecule has 0 fully saturated rings. The van der Waals surface area contributed by atoms with Gasteiger partial charge in [0.1, 0.15) is 0 Å². The standard InChI is InChI=1S/C17H16N2O5/c1-9(6-10-2-5-13(20)14(21)7-10)16(22)19-12-4-3-11(18)8-15(12)24-17(19)23/h2-5,7-9,20-21H,6,18H2,1H3. The van der Waals surface area contributed by atoms with Crippen LogP contribution in [-0.2, 0) is 6.42 Å². The number of nitrogen functional groups attached to an aromatic ring is 1. The van der Waals surface area contributed by atoms with Crippen LogP contribution in [0.25, 0.3) is 11.1 Å². The maximum Gasteiger partial charge on any atom is 0.426 e. The Morgan fingerprint density at radius 2 is 1.96 bits per heavy atom. The fourth-order valence-corrected chi connectivity index (χ4v) is 2.60. The molecule has 0 bridgehead atoms. The maximum atomic E-state index is 12.6. The van der Waals surface area contributed by atoms with E-state index in [2.05, 4.69) is 0 Å². The summed E-state index contributed by atoms with van der Waals surface area (Å²) in [5.74, 6) is -2.21.